The summed E-state index contributed by atoms with van der Waals surface area (Å²) in [5, 5.41) is 4.12. The van der Waals surface area contributed by atoms with Crippen LogP contribution in [0.1, 0.15) is 23.3 Å². The Balaban J connectivity index is 1.85. The zero-order chi connectivity index (χ0) is 18.1. The molecule has 3 heterocycles. The lowest BCUT2D eigenvalue weighted by atomic mass is 9.98. The summed E-state index contributed by atoms with van der Waals surface area (Å²) in [6.07, 6.45) is 5.99. The van der Waals surface area contributed by atoms with E-state index in [-0.39, 0.29) is 12.1 Å². The van der Waals surface area contributed by atoms with E-state index in [9.17, 15) is 0 Å². The molecule has 2 atom stereocenters. The predicted molar refractivity (Wildman–Crippen MR) is 106 cm³/mol. The number of hydrogen-bond donors (Lipinski definition) is 1. The van der Waals surface area contributed by atoms with Gasteiger partial charge in [0.2, 0.25) is 0 Å². The van der Waals surface area contributed by atoms with Gasteiger partial charge in [-0.05, 0) is 48.1 Å². The van der Waals surface area contributed by atoms with Gasteiger partial charge < -0.3 is 19.5 Å². The first kappa shape index (κ1) is 16.6. The molecule has 1 fully saturated rings. The molecule has 0 aliphatic carbocycles. The third-order valence-electron chi connectivity index (χ3n) is 4.64. The minimum Gasteiger partial charge on any atom is -0.495 e. The number of methoxy groups -OCH3 is 1. The Hall–Kier alpha value is -2.86. The van der Waals surface area contributed by atoms with Crippen LogP contribution in [0.5, 0.6) is 5.75 Å². The Morgan fingerprint density at radius 2 is 1.92 bits per heavy atom. The van der Waals surface area contributed by atoms with E-state index >= 15 is 0 Å². The molecule has 5 nitrogen and oxygen atoms in total. The minimum atomic E-state index is -0.0454. The molecule has 4 rings (SSSR count). The number of nitrogens with zero attached hydrogens (tertiary/aromatic N) is 3. The van der Waals surface area contributed by atoms with E-state index in [0.717, 1.165) is 17.1 Å². The third-order valence-corrected chi connectivity index (χ3v) is 4.95. The lowest BCUT2D eigenvalue weighted by molar-refractivity contribution is 0.414. The van der Waals surface area contributed by atoms with Crippen molar-refractivity contribution in [2.45, 2.75) is 12.1 Å². The SMILES string of the molecule is COc1ccccc1N1C(=S)NC(c2ccccn2)C1c1ccn(C)c1. The highest BCUT2D eigenvalue weighted by Crippen LogP contribution is 2.44. The molecule has 1 aromatic carbocycles. The summed E-state index contributed by atoms with van der Waals surface area (Å²) in [6.45, 7) is 0. The number of para-hydroxylation sites is 2. The molecule has 1 aliphatic heterocycles. The first-order valence-electron chi connectivity index (χ1n) is 8.44. The molecule has 26 heavy (non-hydrogen) atoms. The maximum absolute atomic E-state index is 5.72. The number of aromatic nitrogens is 2. The highest BCUT2D eigenvalue weighted by Gasteiger charge is 2.41. The number of ether oxygens (including phenoxy) is 1. The number of thiocarbonyl (C=S) groups is 1. The molecule has 2 aromatic heterocycles. The molecule has 132 valence electrons. The van der Waals surface area contributed by atoms with Crippen molar-refractivity contribution in [3.05, 3.63) is 78.4 Å². The van der Waals surface area contributed by atoms with Gasteiger partial charge in [-0.25, -0.2) is 0 Å². The number of hydrogen-bond acceptors (Lipinski definition) is 3. The molecule has 1 saturated heterocycles. The smallest absolute Gasteiger partial charge is 0.174 e. The predicted octanol–water partition coefficient (Wildman–Crippen LogP) is 3.61. The molecule has 2 unspecified atom stereocenters. The summed E-state index contributed by atoms with van der Waals surface area (Å²) in [7, 11) is 3.70. The molecule has 0 radical (unpaired) electrons. The Morgan fingerprint density at radius 1 is 1.12 bits per heavy atom. The summed E-state index contributed by atoms with van der Waals surface area (Å²) in [5.74, 6) is 0.791. The lowest BCUT2D eigenvalue weighted by Crippen LogP contribution is -2.29. The van der Waals surface area contributed by atoms with Gasteiger partial charge in [-0.15, -0.1) is 0 Å². The average Bonchev–Trinajstić information content (AvgIpc) is 3.25. The van der Waals surface area contributed by atoms with Crippen LogP contribution in [0.4, 0.5) is 5.69 Å². The van der Waals surface area contributed by atoms with Gasteiger partial charge >= 0.3 is 0 Å². The van der Waals surface area contributed by atoms with E-state index in [0.29, 0.717) is 5.11 Å². The second kappa shape index (κ2) is 6.80. The summed E-state index contributed by atoms with van der Waals surface area (Å²) in [4.78, 5) is 6.69. The Kier molecular flexibility index (Phi) is 4.34. The van der Waals surface area contributed by atoms with Gasteiger partial charge in [-0.2, -0.15) is 0 Å². The van der Waals surface area contributed by atoms with Crippen molar-refractivity contribution >= 4 is 23.0 Å². The van der Waals surface area contributed by atoms with Crippen LogP contribution in [0.15, 0.2) is 67.1 Å². The molecule has 1 aliphatic rings. The van der Waals surface area contributed by atoms with Crippen LogP contribution in [-0.4, -0.2) is 21.8 Å². The van der Waals surface area contributed by atoms with Gasteiger partial charge in [0.15, 0.2) is 5.11 Å². The molecule has 6 heteroatoms. The molecular weight excluding hydrogens is 344 g/mol. The fourth-order valence-electron chi connectivity index (χ4n) is 3.48. The zero-order valence-corrected chi connectivity index (χ0v) is 15.5. The van der Waals surface area contributed by atoms with Crippen LogP contribution >= 0.6 is 12.2 Å². The Bertz CT molecular complexity index is 924. The van der Waals surface area contributed by atoms with E-state index in [1.165, 1.54) is 5.56 Å². The van der Waals surface area contributed by atoms with Crippen molar-refractivity contribution < 1.29 is 4.74 Å². The highest BCUT2D eigenvalue weighted by molar-refractivity contribution is 7.80. The standard InChI is InChI=1S/C20H20N4OS/c1-23-12-10-14(13-23)19-18(15-7-5-6-11-21-15)22-20(26)24(19)16-8-3-4-9-17(16)25-2/h3-13,18-19H,1-2H3,(H,22,26). The molecule has 0 amide bonds. The van der Waals surface area contributed by atoms with Crippen LogP contribution in [0.2, 0.25) is 0 Å². The molecule has 0 saturated carbocycles. The van der Waals surface area contributed by atoms with Crippen LogP contribution in [0.25, 0.3) is 0 Å². The first-order chi connectivity index (χ1) is 12.7. The number of pyridine rings is 1. The maximum atomic E-state index is 5.72. The number of anilines is 1. The van der Waals surface area contributed by atoms with Gasteiger partial charge in [0.1, 0.15) is 5.75 Å². The van der Waals surface area contributed by atoms with Crippen molar-refractivity contribution in [1.29, 1.82) is 0 Å². The largest absolute Gasteiger partial charge is 0.495 e. The Labute approximate surface area is 158 Å². The van der Waals surface area contributed by atoms with E-state index in [1.54, 1.807) is 7.11 Å². The van der Waals surface area contributed by atoms with Gasteiger partial charge in [0.25, 0.3) is 0 Å². The van der Waals surface area contributed by atoms with Crippen molar-refractivity contribution in [2.24, 2.45) is 7.05 Å². The highest BCUT2D eigenvalue weighted by atomic mass is 32.1. The molecule has 0 spiro atoms. The second-order valence-electron chi connectivity index (χ2n) is 6.28. The van der Waals surface area contributed by atoms with Gasteiger partial charge in [0.05, 0.1) is 30.6 Å². The van der Waals surface area contributed by atoms with E-state index in [1.807, 2.05) is 66.5 Å². The van der Waals surface area contributed by atoms with Crippen LogP contribution in [0.3, 0.4) is 0 Å². The van der Waals surface area contributed by atoms with E-state index in [4.69, 9.17) is 17.0 Å². The van der Waals surface area contributed by atoms with Gasteiger partial charge in [-0.3, -0.25) is 4.98 Å². The van der Waals surface area contributed by atoms with Crippen LogP contribution in [0, 0.1) is 0 Å². The summed E-state index contributed by atoms with van der Waals surface area (Å²) >= 11 is 5.72. The lowest BCUT2D eigenvalue weighted by Gasteiger charge is -2.28. The van der Waals surface area contributed by atoms with E-state index < -0.39 is 0 Å². The average molecular weight is 364 g/mol. The first-order valence-corrected chi connectivity index (χ1v) is 8.85. The number of nitrogens with one attached hydrogen (secondary N) is 1. The van der Waals surface area contributed by atoms with E-state index in [2.05, 4.69) is 27.5 Å². The molecule has 3 aromatic rings. The van der Waals surface area contributed by atoms with Gasteiger partial charge in [0, 0.05) is 25.6 Å². The number of benzene rings is 1. The zero-order valence-electron chi connectivity index (χ0n) is 14.7. The van der Waals surface area contributed by atoms with Crippen molar-refractivity contribution in [2.75, 3.05) is 12.0 Å². The summed E-state index contributed by atoms with van der Waals surface area (Å²) in [6, 6.07) is 16.0. The monoisotopic (exact) mass is 364 g/mol. The van der Waals surface area contributed by atoms with Crippen molar-refractivity contribution in [3.63, 3.8) is 0 Å². The Morgan fingerprint density at radius 3 is 2.62 bits per heavy atom. The van der Waals surface area contributed by atoms with Crippen LogP contribution < -0.4 is 15.0 Å². The molecule has 1 N–H and O–H groups in total. The summed E-state index contributed by atoms with van der Waals surface area (Å²) < 4.78 is 7.63. The van der Waals surface area contributed by atoms with Crippen LogP contribution in [-0.2, 0) is 7.05 Å². The summed E-state index contributed by atoms with van der Waals surface area (Å²) in [5.41, 5.74) is 3.07. The number of rotatable bonds is 4. The fraction of sp³-hybridized carbons (Fsp3) is 0.200. The topological polar surface area (TPSA) is 42.3 Å². The normalized spacial score (nSPS) is 19.5. The fourth-order valence-corrected chi connectivity index (χ4v) is 3.82. The minimum absolute atomic E-state index is 0.0186. The third kappa shape index (κ3) is 2.82. The quantitative estimate of drug-likeness (QED) is 0.717. The second-order valence-corrected chi connectivity index (χ2v) is 6.67. The molecular formula is C20H20N4OS. The van der Waals surface area contributed by atoms with Gasteiger partial charge in [-0.1, -0.05) is 18.2 Å². The maximum Gasteiger partial charge on any atom is 0.174 e. The van der Waals surface area contributed by atoms with Crippen molar-refractivity contribution in [3.8, 4) is 5.75 Å². The van der Waals surface area contributed by atoms with Crippen molar-refractivity contribution in [1.82, 2.24) is 14.9 Å². The number of aryl methyl sites for hydroxylation is 1. The molecule has 0 bridgehead atoms.